The highest BCUT2D eigenvalue weighted by atomic mass is 16.3. The van der Waals surface area contributed by atoms with Crippen molar-refractivity contribution in [3.05, 3.63) is 24.2 Å². The monoisotopic (exact) mass is 427 g/mol. The molecular formula is C23H37N7O. The number of likely N-dealkylation sites (tertiary alicyclic amines) is 1. The van der Waals surface area contributed by atoms with Gasteiger partial charge in [-0.1, -0.05) is 25.7 Å². The Morgan fingerprint density at radius 2 is 1.97 bits per heavy atom. The fourth-order valence-electron chi connectivity index (χ4n) is 4.94. The highest BCUT2D eigenvalue weighted by molar-refractivity contribution is 5.79. The van der Waals surface area contributed by atoms with Gasteiger partial charge in [-0.05, 0) is 57.8 Å². The van der Waals surface area contributed by atoms with Crippen molar-refractivity contribution in [1.29, 1.82) is 0 Å². The maximum Gasteiger partial charge on any atom is 0.216 e. The van der Waals surface area contributed by atoms with Gasteiger partial charge in [0.1, 0.15) is 5.82 Å². The number of aromatic amines is 1. The summed E-state index contributed by atoms with van der Waals surface area (Å²) in [6, 6.07) is 3.71. The minimum atomic E-state index is 0.254. The Bertz CT molecular complexity index is 802. The van der Waals surface area contributed by atoms with E-state index in [9.17, 15) is 0 Å². The number of aliphatic imine (C=N–C) groups is 1. The number of nitrogens with zero attached hydrogens (tertiary/aromatic N) is 4. The topological polar surface area (TPSA) is 94.4 Å². The second-order valence-electron chi connectivity index (χ2n) is 8.79. The van der Waals surface area contributed by atoms with Gasteiger partial charge in [-0.3, -0.25) is 15.0 Å². The van der Waals surface area contributed by atoms with Crippen LogP contribution in [0.3, 0.4) is 0 Å². The first-order valence-electron chi connectivity index (χ1n) is 12.0. The van der Waals surface area contributed by atoms with Crippen LogP contribution in [0.25, 0.3) is 11.6 Å². The first-order chi connectivity index (χ1) is 15.3. The minimum absolute atomic E-state index is 0.254. The fourth-order valence-corrected chi connectivity index (χ4v) is 4.94. The van der Waals surface area contributed by atoms with Crippen LogP contribution in [0.15, 0.2) is 27.8 Å². The number of guanidine groups is 1. The molecule has 4 rings (SSSR count). The molecular weight excluding hydrogens is 390 g/mol. The van der Waals surface area contributed by atoms with E-state index in [1.54, 1.807) is 6.26 Å². The summed E-state index contributed by atoms with van der Waals surface area (Å²) in [4.78, 5) is 12.3. The largest absolute Gasteiger partial charge is 0.461 e. The van der Waals surface area contributed by atoms with Gasteiger partial charge in [0, 0.05) is 25.0 Å². The molecule has 1 saturated heterocycles. The first kappa shape index (κ1) is 21.9. The summed E-state index contributed by atoms with van der Waals surface area (Å²) in [6.07, 6.45) is 13.0. The molecule has 2 aliphatic rings. The van der Waals surface area contributed by atoms with Crippen molar-refractivity contribution in [1.82, 2.24) is 30.7 Å². The van der Waals surface area contributed by atoms with Crippen LogP contribution in [0.1, 0.15) is 64.1 Å². The van der Waals surface area contributed by atoms with Crippen LogP contribution in [0.4, 0.5) is 0 Å². The minimum Gasteiger partial charge on any atom is -0.461 e. The van der Waals surface area contributed by atoms with E-state index in [4.69, 9.17) is 9.41 Å². The molecule has 3 N–H and O–H groups in total. The summed E-state index contributed by atoms with van der Waals surface area (Å²) in [5, 5.41) is 14.1. The maximum atomic E-state index is 5.36. The number of furan rings is 1. The molecule has 0 aromatic carbocycles. The van der Waals surface area contributed by atoms with Gasteiger partial charge in [-0.15, -0.1) is 0 Å². The van der Waals surface area contributed by atoms with Crippen LogP contribution < -0.4 is 10.6 Å². The highest BCUT2D eigenvalue weighted by Gasteiger charge is 2.38. The zero-order valence-corrected chi connectivity index (χ0v) is 18.8. The number of aromatic nitrogens is 3. The van der Waals surface area contributed by atoms with Gasteiger partial charge < -0.3 is 15.1 Å². The van der Waals surface area contributed by atoms with Crippen LogP contribution in [0.5, 0.6) is 0 Å². The van der Waals surface area contributed by atoms with E-state index >= 15 is 0 Å². The van der Waals surface area contributed by atoms with Crippen molar-refractivity contribution in [2.24, 2.45) is 4.99 Å². The molecule has 31 heavy (non-hydrogen) atoms. The number of piperidine rings is 1. The van der Waals surface area contributed by atoms with Gasteiger partial charge in [0.05, 0.1) is 12.8 Å². The predicted molar refractivity (Wildman–Crippen MR) is 123 cm³/mol. The van der Waals surface area contributed by atoms with Crippen molar-refractivity contribution in [3.63, 3.8) is 0 Å². The quantitative estimate of drug-likeness (QED) is 0.442. The third-order valence-electron chi connectivity index (χ3n) is 6.61. The summed E-state index contributed by atoms with van der Waals surface area (Å²) in [6.45, 7) is 7.08. The summed E-state index contributed by atoms with van der Waals surface area (Å²) < 4.78 is 5.36. The summed E-state index contributed by atoms with van der Waals surface area (Å²) in [5.41, 5.74) is 0.254. The van der Waals surface area contributed by atoms with Crippen molar-refractivity contribution in [2.75, 3.05) is 32.7 Å². The normalized spacial score (nSPS) is 20.0. The zero-order chi connectivity index (χ0) is 21.4. The van der Waals surface area contributed by atoms with Crippen LogP contribution >= 0.6 is 0 Å². The van der Waals surface area contributed by atoms with Gasteiger partial charge in [0.2, 0.25) is 5.82 Å². The lowest BCUT2D eigenvalue weighted by Crippen LogP contribution is -2.54. The Morgan fingerprint density at radius 3 is 2.71 bits per heavy atom. The average molecular weight is 428 g/mol. The summed E-state index contributed by atoms with van der Waals surface area (Å²) >= 11 is 0. The second kappa shape index (κ2) is 10.8. The van der Waals surface area contributed by atoms with Crippen molar-refractivity contribution in [2.45, 2.75) is 70.3 Å². The second-order valence-corrected chi connectivity index (χ2v) is 8.79. The summed E-state index contributed by atoms with van der Waals surface area (Å²) in [7, 11) is 0. The smallest absolute Gasteiger partial charge is 0.216 e. The Hall–Kier alpha value is -2.35. The zero-order valence-electron chi connectivity index (χ0n) is 18.8. The average Bonchev–Trinajstić information content (AvgIpc) is 3.51. The molecule has 2 fully saturated rings. The van der Waals surface area contributed by atoms with E-state index in [0.29, 0.717) is 11.6 Å². The standard InChI is InChI=1S/C23H37N7O/c1-2-24-22(25-14-11-20-27-21(29-28-20)19-10-9-17-31-19)26-18-23(12-5-3-6-13-23)30-15-7-4-8-16-30/h9-10,17H,2-8,11-16,18H2,1H3,(H2,24,25,26)(H,27,28,29). The van der Waals surface area contributed by atoms with E-state index in [1.807, 2.05) is 12.1 Å². The van der Waals surface area contributed by atoms with Gasteiger partial charge in [-0.25, -0.2) is 4.98 Å². The molecule has 1 aliphatic carbocycles. The van der Waals surface area contributed by atoms with E-state index in [-0.39, 0.29) is 5.54 Å². The van der Waals surface area contributed by atoms with Crippen LogP contribution in [-0.4, -0.2) is 64.3 Å². The van der Waals surface area contributed by atoms with Crippen molar-refractivity contribution < 1.29 is 4.42 Å². The van der Waals surface area contributed by atoms with Crippen LogP contribution in [0, 0.1) is 0 Å². The number of nitrogens with one attached hydrogen (secondary N) is 3. The number of H-pyrrole nitrogens is 1. The third kappa shape index (κ3) is 5.67. The molecule has 0 bridgehead atoms. The molecule has 0 amide bonds. The molecule has 1 saturated carbocycles. The molecule has 1 aliphatic heterocycles. The molecule has 0 unspecified atom stereocenters. The number of hydrogen-bond donors (Lipinski definition) is 3. The van der Waals surface area contributed by atoms with E-state index in [0.717, 1.165) is 37.8 Å². The van der Waals surface area contributed by atoms with Gasteiger partial charge in [-0.2, -0.15) is 5.10 Å². The Balaban J connectivity index is 1.34. The highest BCUT2D eigenvalue weighted by Crippen LogP contribution is 2.35. The van der Waals surface area contributed by atoms with Crippen molar-refractivity contribution >= 4 is 5.96 Å². The first-order valence-corrected chi connectivity index (χ1v) is 12.0. The van der Waals surface area contributed by atoms with E-state index in [2.05, 4.69) is 37.6 Å². The molecule has 170 valence electrons. The Labute approximate surface area is 185 Å². The number of hydrogen-bond acceptors (Lipinski definition) is 5. The molecule has 8 heteroatoms. The fraction of sp³-hybridized carbons (Fsp3) is 0.696. The molecule has 8 nitrogen and oxygen atoms in total. The van der Waals surface area contributed by atoms with Gasteiger partial charge in [0.25, 0.3) is 0 Å². The summed E-state index contributed by atoms with van der Waals surface area (Å²) in [5.74, 6) is 3.02. The van der Waals surface area contributed by atoms with Crippen LogP contribution in [-0.2, 0) is 6.42 Å². The molecule has 0 atom stereocenters. The van der Waals surface area contributed by atoms with E-state index < -0.39 is 0 Å². The molecule has 2 aromatic rings. The lowest BCUT2D eigenvalue weighted by atomic mass is 9.79. The van der Waals surface area contributed by atoms with Gasteiger partial charge >= 0.3 is 0 Å². The maximum absolute atomic E-state index is 5.36. The van der Waals surface area contributed by atoms with Gasteiger partial charge in [0.15, 0.2) is 11.7 Å². The Morgan fingerprint density at radius 1 is 1.16 bits per heavy atom. The SMILES string of the molecule is CCNC(=NCC1(N2CCCCC2)CCCCC1)NCCc1nc(-c2ccco2)n[nH]1. The third-order valence-corrected chi connectivity index (χ3v) is 6.61. The van der Waals surface area contributed by atoms with Crippen LogP contribution in [0.2, 0.25) is 0 Å². The molecule has 0 radical (unpaired) electrons. The number of rotatable bonds is 8. The predicted octanol–water partition coefficient (Wildman–Crippen LogP) is 3.35. The molecule has 0 spiro atoms. The Kier molecular flexibility index (Phi) is 7.61. The van der Waals surface area contributed by atoms with E-state index in [1.165, 1.54) is 64.5 Å². The lowest BCUT2D eigenvalue weighted by Gasteiger charge is -2.47. The molecule has 3 heterocycles. The van der Waals surface area contributed by atoms with Crippen molar-refractivity contribution in [3.8, 4) is 11.6 Å². The lowest BCUT2D eigenvalue weighted by molar-refractivity contribution is 0.0407. The molecule has 2 aromatic heterocycles.